The Morgan fingerprint density at radius 1 is 1.38 bits per heavy atom. The summed E-state index contributed by atoms with van der Waals surface area (Å²) in [6.07, 6.45) is -4.52. The zero-order valence-electron chi connectivity index (χ0n) is 12.3. The van der Waals surface area contributed by atoms with Crippen LogP contribution in [0.15, 0.2) is 24.3 Å². The largest absolute Gasteiger partial charge is 0.416 e. The lowest BCUT2D eigenvalue weighted by atomic mass is 10.1. The molecule has 1 aromatic rings. The van der Waals surface area contributed by atoms with Gasteiger partial charge in [-0.1, -0.05) is 6.07 Å². The molecule has 16 heavy (non-hydrogen) atoms. The zero-order valence-corrected chi connectivity index (χ0v) is 8.30. The number of benzene rings is 1. The van der Waals surface area contributed by atoms with E-state index < -0.39 is 24.7 Å². The molecule has 0 spiro atoms. The quantitative estimate of drug-likeness (QED) is 0.800. The minimum Gasteiger partial charge on any atom is -0.369 e. The predicted molar refractivity (Wildman–Crippen MR) is 56.5 cm³/mol. The average Bonchev–Trinajstić information content (AvgIpc) is 2.32. The number of piperazine rings is 1. The van der Waals surface area contributed by atoms with Crippen molar-refractivity contribution in [1.29, 1.82) is 0 Å². The highest BCUT2D eigenvalue weighted by atomic mass is 19.4. The normalized spacial score (nSPS) is 27.6. The second-order valence-corrected chi connectivity index (χ2v) is 3.36. The van der Waals surface area contributed by atoms with Crippen molar-refractivity contribution in [2.24, 2.45) is 0 Å². The monoisotopic (exact) mass is 234 g/mol. The fourth-order valence-electron chi connectivity index (χ4n) is 1.44. The Labute approximate surface area is 97.7 Å². The van der Waals surface area contributed by atoms with Gasteiger partial charge in [0.25, 0.3) is 0 Å². The molecule has 1 saturated heterocycles. The number of alkyl halides is 3. The third-order valence-electron chi connectivity index (χ3n) is 2.22. The lowest BCUT2D eigenvalue weighted by Crippen LogP contribution is -2.43. The van der Waals surface area contributed by atoms with Crippen molar-refractivity contribution in [1.82, 2.24) is 5.32 Å². The molecular formula is C11H13F3N2. The van der Waals surface area contributed by atoms with E-state index in [-0.39, 0.29) is 18.8 Å². The third-order valence-corrected chi connectivity index (χ3v) is 2.22. The first-order chi connectivity index (χ1) is 9.06. The SMILES string of the molecule is [2H]C1([2H])NCCN(c2cccc(C(F)(F)F)c2)C1([2H])[2H]. The molecule has 1 N–H and O–H groups in total. The molecule has 1 heterocycles. The molecule has 2 nitrogen and oxygen atoms in total. The van der Waals surface area contributed by atoms with Crippen LogP contribution < -0.4 is 10.2 Å². The molecule has 0 unspecified atom stereocenters. The van der Waals surface area contributed by atoms with Crippen LogP contribution in [0, 0.1) is 0 Å². The van der Waals surface area contributed by atoms with Gasteiger partial charge >= 0.3 is 6.18 Å². The Hall–Kier alpha value is -1.23. The Morgan fingerprint density at radius 2 is 2.19 bits per heavy atom. The van der Waals surface area contributed by atoms with Crippen LogP contribution in [0.25, 0.3) is 0 Å². The minimum absolute atomic E-state index is 0.00944. The van der Waals surface area contributed by atoms with Crippen molar-refractivity contribution in [3.05, 3.63) is 29.8 Å². The molecule has 0 radical (unpaired) electrons. The second-order valence-electron chi connectivity index (χ2n) is 3.36. The lowest BCUT2D eigenvalue weighted by Gasteiger charge is -2.29. The summed E-state index contributed by atoms with van der Waals surface area (Å²) in [5.74, 6) is 0. The van der Waals surface area contributed by atoms with Crippen molar-refractivity contribution in [3.8, 4) is 0 Å². The highest BCUT2D eigenvalue weighted by Gasteiger charge is 2.30. The zero-order chi connectivity index (χ0) is 15.2. The Bertz CT molecular complexity index is 505. The number of hydrogen-bond donors (Lipinski definition) is 1. The maximum Gasteiger partial charge on any atom is 0.416 e. The smallest absolute Gasteiger partial charge is 0.369 e. The molecule has 0 saturated carbocycles. The van der Waals surface area contributed by atoms with Crippen LogP contribution >= 0.6 is 0 Å². The second kappa shape index (κ2) is 4.33. The van der Waals surface area contributed by atoms with E-state index in [0.717, 1.165) is 17.0 Å². The Morgan fingerprint density at radius 3 is 2.94 bits per heavy atom. The molecule has 0 aromatic heterocycles. The Balaban J connectivity index is 2.41. The van der Waals surface area contributed by atoms with Crippen molar-refractivity contribution in [3.63, 3.8) is 0 Å². The molecular weight excluding hydrogens is 217 g/mol. The number of nitrogens with one attached hydrogen (secondary N) is 1. The topological polar surface area (TPSA) is 15.3 Å². The standard InChI is InChI=1S/C11H13F3N2/c12-11(13,14)9-2-1-3-10(8-9)16-6-4-15-5-7-16/h1-3,8,15H,4-7H2/i4D2,6D2. The van der Waals surface area contributed by atoms with Crippen molar-refractivity contribution < 1.29 is 18.7 Å². The highest BCUT2D eigenvalue weighted by molar-refractivity contribution is 5.49. The number of rotatable bonds is 1. The van der Waals surface area contributed by atoms with Crippen LogP contribution in [0.3, 0.4) is 0 Å². The number of halogens is 3. The van der Waals surface area contributed by atoms with Crippen LogP contribution in [-0.4, -0.2) is 26.1 Å². The van der Waals surface area contributed by atoms with Gasteiger partial charge in [0.15, 0.2) is 0 Å². The van der Waals surface area contributed by atoms with E-state index in [2.05, 4.69) is 5.32 Å². The van der Waals surface area contributed by atoms with Crippen LogP contribution in [0.4, 0.5) is 18.9 Å². The average molecular weight is 234 g/mol. The third kappa shape index (κ3) is 2.47. The van der Waals surface area contributed by atoms with Gasteiger partial charge in [-0.25, -0.2) is 0 Å². The van der Waals surface area contributed by atoms with Gasteiger partial charge in [-0.3, -0.25) is 0 Å². The molecule has 1 fully saturated rings. The molecule has 0 amide bonds. The first-order valence-electron chi connectivity index (χ1n) is 6.76. The van der Waals surface area contributed by atoms with Gasteiger partial charge in [-0.2, -0.15) is 13.2 Å². The van der Waals surface area contributed by atoms with Crippen LogP contribution in [0.1, 0.15) is 11.0 Å². The highest BCUT2D eigenvalue weighted by Crippen LogP contribution is 2.31. The molecule has 0 atom stereocenters. The van der Waals surface area contributed by atoms with Gasteiger partial charge in [0, 0.05) is 34.5 Å². The van der Waals surface area contributed by atoms with Gasteiger partial charge in [0.2, 0.25) is 0 Å². The van der Waals surface area contributed by atoms with Gasteiger partial charge in [0.05, 0.1) is 8.30 Å². The van der Waals surface area contributed by atoms with Gasteiger partial charge in [-0.15, -0.1) is 0 Å². The first kappa shape index (κ1) is 7.17. The summed E-state index contributed by atoms with van der Waals surface area (Å²) in [5.41, 5.74) is -0.875. The molecule has 1 aromatic carbocycles. The van der Waals surface area contributed by atoms with E-state index in [9.17, 15) is 13.2 Å². The van der Waals surface area contributed by atoms with Gasteiger partial charge in [0.1, 0.15) is 0 Å². The van der Waals surface area contributed by atoms with Gasteiger partial charge in [-0.05, 0) is 18.2 Å². The Kier molecular flexibility index (Phi) is 1.94. The fourth-order valence-corrected chi connectivity index (χ4v) is 1.44. The van der Waals surface area contributed by atoms with E-state index in [0.29, 0.717) is 0 Å². The van der Waals surface area contributed by atoms with E-state index >= 15 is 0 Å². The summed E-state index contributed by atoms with van der Waals surface area (Å²) in [6.45, 7) is -4.58. The number of nitrogens with zero attached hydrogens (tertiary/aromatic N) is 1. The molecule has 1 aliphatic heterocycles. The summed E-state index contributed by atoms with van der Waals surface area (Å²) < 4.78 is 68.9. The maximum absolute atomic E-state index is 12.7. The summed E-state index contributed by atoms with van der Waals surface area (Å²) >= 11 is 0. The van der Waals surface area contributed by atoms with Crippen molar-refractivity contribution >= 4 is 5.69 Å². The molecule has 1 aliphatic rings. The van der Waals surface area contributed by atoms with Crippen LogP contribution in [0.2, 0.25) is 0 Å². The van der Waals surface area contributed by atoms with E-state index in [4.69, 9.17) is 5.48 Å². The molecule has 2 rings (SSSR count). The molecule has 5 heteroatoms. The summed E-state index contributed by atoms with van der Waals surface area (Å²) in [6, 6.07) is 4.26. The fraction of sp³-hybridized carbons (Fsp3) is 0.455. The predicted octanol–water partition coefficient (Wildman–Crippen LogP) is 2.12. The van der Waals surface area contributed by atoms with Crippen LogP contribution in [0.5, 0.6) is 0 Å². The maximum atomic E-state index is 12.7. The van der Waals surface area contributed by atoms with E-state index in [1.807, 2.05) is 0 Å². The molecule has 0 aliphatic carbocycles. The lowest BCUT2D eigenvalue weighted by molar-refractivity contribution is -0.137. The van der Waals surface area contributed by atoms with E-state index in [1.165, 1.54) is 12.1 Å². The summed E-state index contributed by atoms with van der Waals surface area (Å²) in [5, 5.41) is 2.39. The van der Waals surface area contributed by atoms with Gasteiger partial charge < -0.3 is 10.2 Å². The van der Waals surface area contributed by atoms with Crippen molar-refractivity contribution in [2.75, 3.05) is 31.0 Å². The summed E-state index contributed by atoms with van der Waals surface area (Å²) in [4.78, 5) is 1.01. The van der Waals surface area contributed by atoms with Crippen LogP contribution in [-0.2, 0) is 6.18 Å². The number of hydrogen-bond acceptors (Lipinski definition) is 2. The number of anilines is 1. The minimum atomic E-state index is -4.52. The summed E-state index contributed by atoms with van der Waals surface area (Å²) in [7, 11) is 0. The van der Waals surface area contributed by atoms with E-state index in [1.54, 1.807) is 0 Å². The van der Waals surface area contributed by atoms with Crippen molar-refractivity contribution in [2.45, 2.75) is 6.18 Å². The first-order valence-corrected chi connectivity index (χ1v) is 4.76. The molecule has 88 valence electrons. The molecule has 0 bridgehead atoms.